The number of halogens is 1. The van der Waals surface area contributed by atoms with Crippen molar-refractivity contribution in [3.8, 4) is 0 Å². The molecular weight excluding hydrogens is 254 g/mol. The molecule has 0 aliphatic heterocycles. The van der Waals surface area contributed by atoms with Crippen molar-refractivity contribution < 1.29 is 19.8 Å². The van der Waals surface area contributed by atoms with Crippen LogP contribution >= 0.6 is 23.8 Å². The highest BCUT2D eigenvalue weighted by molar-refractivity contribution is 7.78. The Kier molecular flexibility index (Phi) is 3.73. The summed E-state index contributed by atoms with van der Waals surface area (Å²) < 4.78 is 0. The Morgan fingerprint density at radius 3 is 2.25 bits per heavy atom. The number of thiocarbonyl (C=S) groups is 1. The summed E-state index contributed by atoms with van der Waals surface area (Å²) >= 11 is 9.94. The summed E-state index contributed by atoms with van der Waals surface area (Å²) in [6.07, 6.45) is 0. The van der Waals surface area contributed by atoms with Gasteiger partial charge in [0.25, 0.3) is 0 Å². The number of carboxylic acids is 2. The van der Waals surface area contributed by atoms with Gasteiger partial charge in [-0.15, -0.1) is 0 Å². The van der Waals surface area contributed by atoms with Gasteiger partial charge in [0.05, 0.1) is 27.0 Å². The minimum Gasteiger partial charge on any atom is -0.478 e. The highest BCUT2D eigenvalue weighted by Gasteiger charge is 2.17. The summed E-state index contributed by atoms with van der Waals surface area (Å²) in [5.74, 6) is -2.55. The van der Waals surface area contributed by atoms with E-state index < -0.39 is 11.9 Å². The van der Waals surface area contributed by atoms with Gasteiger partial charge in [0.2, 0.25) is 0 Å². The molecule has 0 atom stereocenters. The SMILES string of the molecule is O=C(O)c1cc(N=C=S)c(C(=O)O)cc1Cl. The number of hydrogen-bond acceptors (Lipinski definition) is 4. The molecule has 0 aliphatic rings. The summed E-state index contributed by atoms with van der Waals surface area (Å²) in [7, 11) is 0. The largest absolute Gasteiger partial charge is 0.478 e. The average Bonchev–Trinajstić information content (AvgIpc) is 2.19. The van der Waals surface area contributed by atoms with E-state index in [0.717, 1.165) is 12.1 Å². The standard InChI is InChI=1S/C9H4ClNO4S/c10-6-1-5(9(14)15)7(11-3-16)2-4(6)8(12)13/h1-2H,(H,12,13)(H,14,15). The second-order valence-corrected chi connectivity index (χ2v) is 3.25. The average molecular weight is 258 g/mol. The maximum atomic E-state index is 10.8. The minimum atomic E-state index is -1.28. The number of hydrogen-bond donors (Lipinski definition) is 2. The van der Waals surface area contributed by atoms with Gasteiger partial charge in [0.15, 0.2) is 0 Å². The molecule has 0 unspecified atom stereocenters. The predicted molar refractivity (Wildman–Crippen MR) is 60.1 cm³/mol. The lowest BCUT2D eigenvalue weighted by Gasteiger charge is -2.03. The molecule has 2 N–H and O–H groups in total. The molecule has 0 bridgehead atoms. The van der Waals surface area contributed by atoms with Crippen molar-refractivity contribution in [1.82, 2.24) is 0 Å². The number of aliphatic imine (C=N–C) groups is 1. The maximum absolute atomic E-state index is 10.8. The van der Waals surface area contributed by atoms with E-state index in [9.17, 15) is 9.59 Å². The molecule has 5 nitrogen and oxygen atoms in total. The van der Waals surface area contributed by atoms with Gasteiger partial charge in [-0.1, -0.05) is 11.6 Å². The summed E-state index contributed by atoms with van der Waals surface area (Å²) in [6, 6.07) is 2.05. The number of rotatable bonds is 3. The van der Waals surface area contributed by atoms with E-state index in [1.54, 1.807) is 0 Å². The summed E-state index contributed by atoms with van der Waals surface area (Å²) in [5, 5.41) is 19.4. The molecule has 0 fully saturated rings. The fourth-order valence-corrected chi connectivity index (χ4v) is 1.38. The lowest BCUT2D eigenvalue weighted by Crippen LogP contribution is -2.02. The highest BCUT2D eigenvalue weighted by Crippen LogP contribution is 2.27. The van der Waals surface area contributed by atoms with Gasteiger partial charge in [-0.25, -0.2) is 9.59 Å². The van der Waals surface area contributed by atoms with Crippen molar-refractivity contribution in [1.29, 1.82) is 0 Å². The van der Waals surface area contributed by atoms with Crippen molar-refractivity contribution >= 4 is 46.6 Å². The molecule has 1 aromatic rings. The fourth-order valence-electron chi connectivity index (χ4n) is 1.04. The predicted octanol–water partition coefficient (Wildman–Crippen LogP) is 2.47. The third kappa shape index (κ3) is 2.43. The van der Waals surface area contributed by atoms with E-state index in [1.165, 1.54) is 0 Å². The molecule has 7 heteroatoms. The van der Waals surface area contributed by atoms with E-state index in [-0.39, 0.29) is 21.8 Å². The smallest absolute Gasteiger partial charge is 0.337 e. The van der Waals surface area contributed by atoms with E-state index in [0.29, 0.717) is 0 Å². The summed E-state index contributed by atoms with van der Waals surface area (Å²) in [6.45, 7) is 0. The van der Waals surface area contributed by atoms with E-state index >= 15 is 0 Å². The van der Waals surface area contributed by atoms with Crippen LogP contribution in [0.15, 0.2) is 17.1 Å². The number of isothiocyanates is 1. The van der Waals surface area contributed by atoms with Gasteiger partial charge >= 0.3 is 11.9 Å². The van der Waals surface area contributed by atoms with Gasteiger partial charge < -0.3 is 10.2 Å². The molecular formula is C9H4ClNO4S. The van der Waals surface area contributed by atoms with Crippen LogP contribution in [0, 0.1) is 0 Å². The molecule has 1 aromatic carbocycles. The Balaban J connectivity index is 3.54. The fraction of sp³-hybridized carbons (Fsp3) is 0. The lowest BCUT2D eigenvalue weighted by molar-refractivity contribution is 0.0682. The zero-order chi connectivity index (χ0) is 12.3. The van der Waals surface area contributed by atoms with Crippen LogP contribution in [0.4, 0.5) is 5.69 Å². The van der Waals surface area contributed by atoms with Crippen LogP contribution in [-0.2, 0) is 0 Å². The number of carboxylic acid groups (broad SMARTS) is 2. The van der Waals surface area contributed by atoms with Crippen LogP contribution < -0.4 is 0 Å². The summed E-state index contributed by atoms with van der Waals surface area (Å²) in [4.78, 5) is 25.0. The maximum Gasteiger partial charge on any atom is 0.337 e. The third-order valence-electron chi connectivity index (χ3n) is 1.71. The Labute approximate surface area is 100.0 Å². The number of nitrogens with zero attached hydrogens (tertiary/aromatic N) is 1. The Morgan fingerprint density at radius 2 is 1.81 bits per heavy atom. The number of carbonyl (C=O) groups is 2. The first-order chi connectivity index (χ1) is 7.47. The van der Waals surface area contributed by atoms with Crippen molar-refractivity contribution in [3.63, 3.8) is 0 Å². The molecule has 0 heterocycles. The Bertz CT molecular complexity index is 522. The van der Waals surface area contributed by atoms with E-state index in [1.807, 2.05) is 5.16 Å². The van der Waals surface area contributed by atoms with Crippen LogP contribution in [-0.4, -0.2) is 27.3 Å². The monoisotopic (exact) mass is 257 g/mol. The zero-order valence-electron chi connectivity index (χ0n) is 7.60. The van der Waals surface area contributed by atoms with Crippen molar-refractivity contribution in [2.45, 2.75) is 0 Å². The second kappa shape index (κ2) is 4.85. The molecule has 0 amide bonds. The van der Waals surface area contributed by atoms with Crippen LogP contribution in [0.5, 0.6) is 0 Å². The van der Waals surface area contributed by atoms with Crippen LogP contribution in [0.3, 0.4) is 0 Å². The molecule has 0 saturated carbocycles. The molecule has 1 rings (SSSR count). The van der Waals surface area contributed by atoms with Crippen molar-refractivity contribution in [2.75, 3.05) is 0 Å². The Morgan fingerprint density at radius 1 is 1.25 bits per heavy atom. The third-order valence-corrected chi connectivity index (χ3v) is 2.12. The lowest BCUT2D eigenvalue weighted by atomic mass is 10.1. The molecule has 0 radical (unpaired) electrons. The normalized spacial score (nSPS) is 9.31. The first kappa shape index (κ1) is 12.3. The molecule has 82 valence electrons. The van der Waals surface area contributed by atoms with E-state index in [2.05, 4.69) is 17.2 Å². The molecule has 0 saturated heterocycles. The first-order valence-corrected chi connectivity index (χ1v) is 4.64. The molecule has 0 aliphatic carbocycles. The van der Waals surface area contributed by atoms with Crippen LogP contribution in [0.1, 0.15) is 20.7 Å². The molecule has 0 spiro atoms. The van der Waals surface area contributed by atoms with Crippen LogP contribution in [0.25, 0.3) is 0 Å². The van der Waals surface area contributed by atoms with Gasteiger partial charge in [0, 0.05) is 0 Å². The van der Waals surface area contributed by atoms with Crippen molar-refractivity contribution in [2.24, 2.45) is 4.99 Å². The molecule has 16 heavy (non-hydrogen) atoms. The second-order valence-electron chi connectivity index (χ2n) is 2.66. The Hall–Kier alpha value is -1.75. The topological polar surface area (TPSA) is 87.0 Å². The first-order valence-electron chi connectivity index (χ1n) is 3.85. The van der Waals surface area contributed by atoms with Gasteiger partial charge in [-0.2, -0.15) is 4.99 Å². The number of aromatic carboxylic acids is 2. The molecule has 0 aromatic heterocycles. The number of benzene rings is 1. The summed E-state index contributed by atoms with van der Waals surface area (Å²) in [5.41, 5.74) is -0.563. The van der Waals surface area contributed by atoms with Gasteiger partial charge in [0.1, 0.15) is 0 Å². The van der Waals surface area contributed by atoms with Gasteiger partial charge in [-0.3, -0.25) is 0 Å². The van der Waals surface area contributed by atoms with Gasteiger partial charge in [-0.05, 0) is 24.4 Å². The zero-order valence-corrected chi connectivity index (χ0v) is 9.17. The van der Waals surface area contributed by atoms with Crippen molar-refractivity contribution in [3.05, 3.63) is 28.3 Å². The quantitative estimate of drug-likeness (QED) is 0.642. The van der Waals surface area contributed by atoms with E-state index in [4.69, 9.17) is 21.8 Å². The minimum absolute atomic E-state index is 0.0932. The van der Waals surface area contributed by atoms with Crippen LogP contribution in [0.2, 0.25) is 5.02 Å². The highest BCUT2D eigenvalue weighted by atomic mass is 35.5.